The first-order valence-electron chi connectivity index (χ1n) is 6.88. The molecule has 0 spiro atoms. The fraction of sp³-hybridized carbons (Fsp3) is 0.125. The van der Waals surface area contributed by atoms with E-state index in [2.05, 4.69) is 10.3 Å². The Hall–Kier alpha value is -2.24. The minimum Gasteiger partial charge on any atom is -0.408 e. The third-order valence-corrected chi connectivity index (χ3v) is 3.93. The van der Waals surface area contributed by atoms with Crippen LogP contribution in [0.25, 0.3) is 11.1 Å². The SMILES string of the molecule is O=C(CCc1ccc(Cl)cc1Cl)Nc1ccc2oc(=O)[nH]c2c1. The Morgan fingerprint density at radius 1 is 1.17 bits per heavy atom. The number of carbonyl (C=O) groups is 1. The molecule has 2 aromatic carbocycles. The van der Waals surface area contributed by atoms with Crippen molar-refractivity contribution in [2.45, 2.75) is 12.8 Å². The molecule has 23 heavy (non-hydrogen) atoms. The second kappa shape index (κ2) is 6.48. The number of anilines is 1. The fourth-order valence-electron chi connectivity index (χ4n) is 2.23. The number of nitrogens with one attached hydrogen (secondary N) is 2. The van der Waals surface area contributed by atoms with Crippen LogP contribution in [-0.4, -0.2) is 10.9 Å². The van der Waals surface area contributed by atoms with Crippen molar-refractivity contribution in [3.05, 3.63) is 62.6 Å². The van der Waals surface area contributed by atoms with Gasteiger partial charge in [-0.2, -0.15) is 0 Å². The Morgan fingerprint density at radius 2 is 2.00 bits per heavy atom. The summed E-state index contributed by atoms with van der Waals surface area (Å²) < 4.78 is 4.91. The highest BCUT2D eigenvalue weighted by Gasteiger charge is 2.08. The maximum atomic E-state index is 12.0. The Morgan fingerprint density at radius 3 is 2.78 bits per heavy atom. The number of hydrogen-bond donors (Lipinski definition) is 2. The van der Waals surface area contributed by atoms with Gasteiger partial charge in [-0.15, -0.1) is 0 Å². The second-order valence-corrected chi connectivity index (χ2v) is 5.85. The van der Waals surface area contributed by atoms with Gasteiger partial charge in [0, 0.05) is 22.2 Å². The van der Waals surface area contributed by atoms with Gasteiger partial charge in [0.1, 0.15) is 0 Å². The van der Waals surface area contributed by atoms with Gasteiger partial charge in [0.25, 0.3) is 0 Å². The first kappa shape index (κ1) is 15.6. The third kappa shape index (κ3) is 3.75. The minimum atomic E-state index is -0.527. The van der Waals surface area contributed by atoms with Gasteiger partial charge in [0.15, 0.2) is 5.58 Å². The topological polar surface area (TPSA) is 75.1 Å². The summed E-state index contributed by atoms with van der Waals surface area (Å²) in [6, 6.07) is 10.1. The summed E-state index contributed by atoms with van der Waals surface area (Å²) in [6.45, 7) is 0. The molecule has 3 aromatic rings. The summed E-state index contributed by atoms with van der Waals surface area (Å²) in [6.07, 6.45) is 0.786. The summed E-state index contributed by atoms with van der Waals surface area (Å²) in [4.78, 5) is 25.7. The van der Waals surface area contributed by atoms with E-state index in [1.54, 1.807) is 36.4 Å². The van der Waals surface area contributed by atoms with Crippen LogP contribution in [-0.2, 0) is 11.2 Å². The average molecular weight is 351 g/mol. The summed E-state index contributed by atoms with van der Waals surface area (Å²) in [5, 5.41) is 3.88. The molecule has 0 aliphatic rings. The molecule has 0 atom stereocenters. The molecule has 118 valence electrons. The third-order valence-electron chi connectivity index (χ3n) is 3.34. The lowest BCUT2D eigenvalue weighted by Crippen LogP contribution is -2.12. The second-order valence-electron chi connectivity index (χ2n) is 5.01. The van der Waals surface area contributed by atoms with Gasteiger partial charge in [-0.3, -0.25) is 9.78 Å². The number of H-pyrrole nitrogens is 1. The molecule has 7 heteroatoms. The van der Waals surface area contributed by atoms with Gasteiger partial charge >= 0.3 is 5.76 Å². The zero-order valence-electron chi connectivity index (χ0n) is 11.9. The highest BCUT2D eigenvalue weighted by atomic mass is 35.5. The lowest BCUT2D eigenvalue weighted by atomic mass is 10.1. The van der Waals surface area contributed by atoms with Crippen molar-refractivity contribution in [3.63, 3.8) is 0 Å². The van der Waals surface area contributed by atoms with Crippen LogP contribution in [0.4, 0.5) is 5.69 Å². The number of hydrogen-bond acceptors (Lipinski definition) is 3. The van der Waals surface area contributed by atoms with Crippen LogP contribution in [0.2, 0.25) is 10.0 Å². The Bertz CT molecular complexity index is 930. The molecule has 0 bridgehead atoms. The molecule has 0 aliphatic carbocycles. The van der Waals surface area contributed by atoms with Crippen LogP contribution < -0.4 is 11.1 Å². The number of aromatic amines is 1. The Labute approximate surface area is 141 Å². The fourth-order valence-corrected chi connectivity index (χ4v) is 2.73. The molecule has 5 nitrogen and oxygen atoms in total. The highest BCUT2D eigenvalue weighted by Crippen LogP contribution is 2.22. The number of benzene rings is 2. The van der Waals surface area contributed by atoms with Gasteiger partial charge in [-0.1, -0.05) is 29.3 Å². The van der Waals surface area contributed by atoms with E-state index in [1.807, 2.05) is 0 Å². The molecule has 0 unspecified atom stereocenters. The highest BCUT2D eigenvalue weighted by molar-refractivity contribution is 6.35. The first-order valence-corrected chi connectivity index (χ1v) is 7.63. The van der Waals surface area contributed by atoms with Crippen molar-refractivity contribution < 1.29 is 9.21 Å². The molecule has 0 aliphatic heterocycles. The largest absolute Gasteiger partial charge is 0.417 e. The van der Waals surface area contributed by atoms with E-state index >= 15 is 0 Å². The van der Waals surface area contributed by atoms with E-state index in [-0.39, 0.29) is 12.3 Å². The van der Waals surface area contributed by atoms with Gasteiger partial charge in [-0.25, -0.2) is 4.79 Å². The average Bonchev–Trinajstić information content (AvgIpc) is 2.85. The van der Waals surface area contributed by atoms with E-state index in [0.29, 0.717) is 33.3 Å². The van der Waals surface area contributed by atoms with E-state index in [4.69, 9.17) is 27.6 Å². The van der Waals surface area contributed by atoms with Crippen LogP contribution >= 0.6 is 23.2 Å². The number of oxazole rings is 1. The number of rotatable bonds is 4. The molecule has 0 saturated heterocycles. The van der Waals surface area contributed by atoms with Crippen molar-refractivity contribution >= 4 is 45.9 Å². The molecule has 1 heterocycles. The van der Waals surface area contributed by atoms with Crippen molar-refractivity contribution in [3.8, 4) is 0 Å². The molecule has 3 rings (SSSR count). The first-order chi connectivity index (χ1) is 11.0. The Balaban J connectivity index is 1.64. The smallest absolute Gasteiger partial charge is 0.408 e. The number of carbonyl (C=O) groups excluding carboxylic acids is 1. The molecule has 1 aromatic heterocycles. The summed E-state index contributed by atoms with van der Waals surface area (Å²) in [5.74, 6) is -0.679. The molecular weight excluding hydrogens is 339 g/mol. The maximum Gasteiger partial charge on any atom is 0.417 e. The van der Waals surface area contributed by atoms with Gasteiger partial charge in [0.05, 0.1) is 5.52 Å². The van der Waals surface area contributed by atoms with Crippen LogP contribution in [0.15, 0.2) is 45.6 Å². The number of fused-ring (bicyclic) bond motifs is 1. The quantitative estimate of drug-likeness (QED) is 0.746. The standard InChI is InChI=1S/C16H12Cl2N2O3/c17-10-3-1-9(12(18)7-10)2-6-15(21)19-11-4-5-14-13(8-11)20-16(22)23-14/h1,3-5,7-8H,2,6H2,(H,19,21)(H,20,22). The van der Waals surface area contributed by atoms with Gasteiger partial charge in [-0.05, 0) is 42.3 Å². The van der Waals surface area contributed by atoms with E-state index in [9.17, 15) is 9.59 Å². The van der Waals surface area contributed by atoms with Crippen LogP contribution in [0.3, 0.4) is 0 Å². The number of aromatic nitrogens is 1. The summed E-state index contributed by atoms with van der Waals surface area (Å²) in [7, 11) is 0. The minimum absolute atomic E-state index is 0.152. The number of halogens is 2. The monoisotopic (exact) mass is 350 g/mol. The molecule has 0 fully saturated rings. The zero-order chi connectivity index (χ0) is 16.4. The van der Waals surface area contributed by atoms with Gasteiger partial charge < -0.3 is 9.73 Å². The van der Waals surface area contributed by atoms with Crippen molar-refractivity contribution in [1.82, 2.24) is 4.98 Å². The predicted octanol–water partition coefficient (Wildman–Crippen LogP) is 4.00. The van der Waals surface area contributed by atoms with Crippen LogP contribution in [0.5, 0.6) is 0 Å². The summed E-state index contributed by atoms with van der Waals surface area (Å²) >= 11 is 11.9. The molecule has 0 saturated carbocycles. The Kier molecular flexibility index (Phi) is 4.41. The maximum absolute atomic E-state index is 12.0. The molecular formula is C16H12Cl2N2O3. The lowest BCUT2D eigenvalue weighted by molar-refractivity contribution is -0.116. The van der Waals surface area contributed by atoms with Gasteiger partial charge in [0.2, 0.25) is 5.91 Å². The van der Waals surface area contributed by atoms with E-state index < -0.39 is 5.76 Å². The van der Waals surface area contributed by atoms with Crippen molar-refractivity contribution in [2.24, 2.45) is 0 Å². The van der Waals surface area contributed by atoms with E-state index in [1.165, 1.54) is 0 Å². The molecule has 0 radical (unpaired) electrons. The predicted molar refractivity (Wildman–Crippen MR) is 90.2 cm³/mol. The van der Waals surface area contributed by atoms with Crippen molar-refractivity contribution in [1.29, 1.82) is 0 Å². The number of aryl methyl sites for hydroxylation is 1. The normalized spacial score (nSPS) is 10.9. The van der Waals surface area contributed by atoms with Crippen LogP contribution in [0.1, 0.15) is 12.0 Å². The molecule has 2 N–H and O–H groups in total. The van der Waals surface area contributed by atoms with Crippen LogP contribution in [0, 0.1) is 0 Å². The number of amides is 1. The summed E-state index contributed by atoms with van der Waals surface area (Å²) in [5.41, 5.74) is 2.43. The lowest BCUT2D eigenvalue weighted by Gasteiger charge is -2.07. The van der Waals surface area contributed by atoms with E-state index in [0.717, 1.165) is 5.56 Å². The van der Waals surface area contributed by atoms with Crippen molar-refractivity contribution in [2.75, 3.05) is 5.32 Å². The molecule has 1 amide bonds. The zero-order valence-corrected chi connectivity index (χ0v) is 13.4.